The minimum Gasteiger partial charge on any atom is -0.375 e. The van der Waals surface area contributed by atoms with E-state index >= 15 is 0 Å². The fourth-order valence-corrected chi connectivity index (χ4v) is 4.15. The second-order valence-corrected chi connectivity index (χ2v) is 8.06. The normalized spacial score (nSPS) is 14.7. The van der Waals surface area contributed by atoms with Crippen LogP contribution < -0.4 is 10.2 Å². The van der Waals surface area contributed by atoms with Crippen molar-refractivity contribution in [3.05, 3.63) is 65.9 Å². The number of nitrogens with zero attached hydrogens (tertiary/aromatic N) is 3. The second-order valence-electron chi connectivity index (χ2n) is 8.06. The van der Waals surface area contributed by atoms with E-state index in [1.54, 1.807) is 0 Å². The van der Waals surface area contributed by atoms with Gasteiger partial charge in [0.15, 0.2) is 0 Å². The molecule has 162 valence electrons. The molecule has 1 aliphatic heterocycles. The van der Waals surface area contributed by atoms with Crippen molar-refractivity contribution in [3.63, 3.8) is 0 Å². The molecule has 2 heterocycles. The maximum absolute atomic E-state index is 11.7. The molecule has 4 rings (SSSR count). The van der Waals surface area contributed by atoms with Crippen molar-refractivity contribution in [2.24, 2.45) is 0 Å². The smallest absolute Gasteiger partial charge is 0.250 e. The summed E-state index contributed by atoms with van der Waals surface area (Å²) in [5.41, 5.74) is 5.45. The van der Waals surface area contributed by atoms with Crippen LogP contribution in [0.25, 0.3) is 10.9 Å². The molecule has 1 saturated heterocycles. The zero-order valence-electron chi connectivity index (χ0n) is 18.3. The topological polar surface area (TPSA) is 57.7 Å². The lowest BCUT2D eigenvalue weighted by Crippen LogP contribution is -2.47. The summed E-state index contributed by atoms with van der Waals surface area (Å²) in [7, 11) is 1.52. The molecule has 0 radical (unpaired) electrons. The van der Waals surface area contributed by atoms with Gasteiger partial charge in [-0.15, -0.1) is 0 Å². The summed E-state index contributed by atoms with van der Waals surface area (Å²) in [6, 6.07) is 18.8. The zero-order valence-corrected chi connectivity index (χ0v) is 18.3. The Bertz CT molecular complexity index is 1040. The van der Waals surface area contributed by atoms with Gasteiger partial charge in [0.25, 0.3) is 0 Å². The highest BCUT2D eigenvalue weighted by molar-refractivity contribution is 5.92. The quantitative estimate of drug-likeness (QED) is 0.637. The minimum atomic E-state index is -0.130. The maximum Gasteiger partial charge on any atom is 0.250 e. The van der Waals surface area contributed by atoms with Crippen LogP contribution in [0.1, 0.15) is 11.3 Å². The summed E-state index contributed by atoms with van der Waals surface area (Å²) in [6.07, 6.45) is 0.964. The lowest BCUT2D eigenvalue weighted by Gasteiger charge is -2.36. The number of fused-ring (bicyclic) bond motifs is 1. The Morgan fingerprint density at radius 3 is 2.68 bits per heavy atom. The summed E-state index contributed by atoms with van der Waals surface area (Å²) < 4.78 is 4.88. The van der Waals surface area contributed by atoms with E-state index < -0.39 is 0 Å². The van der Waals surface area contributed by atoms with Gasteiger partial charge in [-0.2, -0.15) is 0 Å². The van der Waals surface area contributed by atoms with Gasteiger partial charge >= 0.3 is 0 Å². The maximum atomic E-state index is 11.7. The van der Waals surface area contributed by atoms with E-state index in [1.165, 1.54) is 23.7 Å². The Morgan fingerprint density at radius 1 is 1.06 bits per heavy atom. The number of carbonyl (C=O) groups excluding carboxylic acids is 1. The third kappa shape index (κ3) is 5.40. The number of pyridine rings is 1. The van der Waals surface area contributed by atoms with Crippen molar-refractivity contribution in [1.82, 2.24) is 9.88 Å². The number of benzene rings is 2. The number of amides is 1. The minimum absolute atomic E-state index is 0.0703. The first-order chi connectivity index (χ1) is 15.1. The Morgan fingerprint density at radius 2 is 1.87 bits per heavy atom. The van der Waals surface area contributed by atoms with E-state index in [9.17, 15) is 4.79 Å². The average molecular weight is 419 g/mol. The summed E-state index contributed by atoms with van der Waals surface area (Å²) in [6.45, 7) is 7.23. The number of nitrogens with one attached hydrogen (secondary N) is 1. The Kier molecular flexibility index (Phi) is 6.79. The number of rotatable bonds is 7. The molecule has 1 fully saturated rings. The van der Waals surface area contributed by atoms with Gasteiger partial charge in [-0.05, 0) is 55.3 Å². The summed E-state index contributed by atoms with van der Waals surface area (Å²) in [5.74, 6) is -0.130. The van der Waals surface area contributed by atoms with Crippen molar-refractivity contribution in [1.29, 1.82) is 0 Å². The Labute approximate surface area is 183 Å². The van der Waals surface area contributed by atoms with Crippen molar-refractivity contribution >= 4 is 28.2 Å². The van der Waals surface area contributed by atoms with Crippen LogP contribution in [0.4, 0.5) is 11.4 Å². The molecule has 3 aromatic rings. The van der Waals surface area contributed by atoms with Gasteiger partial charge in [-0.1, -0.05) is 18.2 Å². The van der Waals surface area contributed by atoms with Gasteiger partial charge in [0.2, 0.25) is 5.91 Å². The molecule has 1 aromatic heterocycles. The molecule has 0 saturated carbocycles. The number of hydrogen-bond donors (Lipinski definition) is 1. The highest BCUT2D eigenvalue weighted by Gasteiger charge is 2.18. The third-order valence-corrected chi connectivity index (χ3v) is 5.76. The first-order valence-electron chi connectivity index (χ1n) is 10.8. The lowest BCUT2D eigenvalue weighted by molar-refractivity contribution is -0.119. The molecule has 31 heavy (non-hydrogen) atoms. The molecule has 6 nitrogen and oxygen atoms in total. The number of aryl methyl sites for hydroxylation is 1. The molecule has 0 atom stereocenters. The molecule has 0 bridgehead atoms. The Hall–Kier alpha value is -2.96. The van der Waals surface area contributed by atoms with E-state index in [0.717, 1.165) is 56.0 Å². The summed E-state index contributed by atoms with van der Waals surface area (Å²) in [5, 5.41) is 4.10. The second kappa shape index (κ2) is 9.90. The van der Waals surface area contributed by atoms with Gasteiger partial charge in [-0.25, -0.2) is 0 Å². The number of methoxy groups -OCH3 is 1. The fourth-order valence-electron chi connectivity index (χ4n) is 4.15. The molecule has 1 amide bonds. The Balaban J connectivity index is 1.32. The van der Waals surface area contributed by atoms with E-state index in [-0.39, 0.29) is 12.5 Å². The molecular formula is C25H30N4O2. The van der Waals surface area contributed by atoms with Crippen molar-refractivity contribution in [2.45, 2.75) is 13.3 Å². The third-order valence-electron chi connectivity index (χ3n) is 5.76. The predicted molar refractivity (Wildman–Crippen MR) is 126 cm³/mol. The molecule has 6 heteroatoms. The number of carbonyl (C=O) groups is 1. The van der Waals surface area contributed by atoms with Crippen molar-refractivity contribution in [2.75, 3.05) is 56.7 Å². The number of aromatic nitrogens is 1. The molecule has 1 N–H and O–H groups in total. The zero-order chi connectivity index (χ0) is 21.6. The fraction of sp³-hybridized carbons (Fsp3) is 0.360. The van der Waals surface area contributed by atoms with Crippen LogP contribution in [0, 0.1) is 6.92 Å². The largest absolute Gasteiger partial charge is 0.375 e. The SMILES string of the molecule is COCC(=O)Nc1cccc(CCN2CCN(c3cccc4nc(C)ccc34)CC2)c1. The molecule has 0 spiro atoms. The van der Waals surface area contributed by atoms with Gasteiger partial charge in [0.1, 0.15) is 6.61 Å². The lowest BCUT2D eigenvalue weighted by atomic mass is 10.1. The monoisotopic (exact) mass is 418 g/mol. The molecule has 0 aliphatic carbocycles. The van der Waals surface area contributed by atoms with Crippen LogP contribution in [-0.4, -0.2) is 62.2 Å². The van der Waals surface area contributed by atoms with Crippen LogP contribution in [-0.2, 0) is 16.0 Å². The van der Waals surface area contributed by atoms with Crippen LogP contribution in [0.5, 0.6) is 0 Å². The van der Waals surface area contributed by atoms with Crippen molar-refractivity contribution < 1.29 is 9.53 Å². The van der Waals surface area contributed by atoms with Gasteiger partial charge in [0.05, 0.1) is 5.52 Å². The molecule has 2 aromatic carbocycles. The standard InChI is InChI=1S/C25H30N4O2/c1-19-9-10-22-23(26-19)7-4-8-24(22)29-15-13-28(14-16-29)12-11-20-5-3-6-21(17-20)27-25(30)18-31-2/h3-10,17H,11-16,18H2,1-2H3,(H,27,30). The first kappa shape index (κ1) is 21.3. The predicted octanol–water partition coefficient (Wildman–Crippen LogP) is 3.49. The molecule has 0 unspecified atom stereocenters. The van der Waals surface area contributed by atoms with Crippen LogP contribution in [0.2, 0.25) is 0 Å². The summed E-state index contributed by atoms with van der Waals surface area (Å²) in [4.78, 5) is 21.4. The van der Waals surface area contributed by atoms with E-state index in [4.69, 9.17) is 4.74 Å². The van der Waals surface area contributed by atoms with Crippen LogP contribution >= 0.6 is 0 Å². The average Bonchev–Trinajstić information content (AvgIpc) is 2.78. The van der Waals surface area contributed by atoms with Crippen molar-refractivity contribution in [3.8, 4) is 0 Å². The number of ether oxygens (including phenoxy) is 1. The molecular weight excluding hydrogens is 388 g/mol. The highest BCUT2D eigenvalue weighted by atomic mass is 16.5. The summed E-state index contributed by atoms with van der Waals surface area (Å²) >= 11 is 0. The number of anilines is 2. The first-order valence-corrected chi connectivity index (χ1v) is 10.8. The van der Waals surface area contributed by atoms with Crippen LogP contribution in [0.3, 0.4) is 0 Å². The number of hydrogen-bond acceptors (Lipinski definition) is 5. The molecule has 1 aliphatic rings. The number of piperazine rings is 1. The van der Waals surface area contributed by atoms with E-state index in [2.05, 4.69) is 62.6 Å². The highest BCUT2D eigenvalue weighted by Crippen LogP contribution is 2.27. The van der Waals surface area contributed by atoms with Gasteiger partial charge in [0, 0.05) is 62.3 Å². The van der Waals surface area contributed by atoms with Gasteiger partial charge in [-0.3, -0.25) is 14.7 Å². The van der Waals surface area contributed by atoms with Crippen LogP contribution in [0.15, 0.2) is 54.6 Å². The van der Waals surface area contributed by atoms with E-state index in [0.29, 0.717) is 0 Å². The van der Waals surface area contributed by atoms with E-state index in [1.807, 2.05) is 19.1 Å². The van der Waals surface area contributed by atoms with Gasteiger partial charge < -0.3 is 15.0 Å².